The van der Waals surface area contributed by atoms with Gasteiger partial charge in [0, 0.05) is 41.8 Å². The minimum Gasteiger partial charge on any atom is -0.377 e. The van der Waals surface area contributed by atoms with Crippen LogP contribution in [-0.2, 0) is 4.74 Å². The number of carbonyl (C=O) groups excluding carboxylic acids is 1. The molecule has 3 fully saturated rings. The van der Waals surface area contributed by atoms with Crippen LogP contribution in [0.5, 0.6) is 0 Å². The summed E-state index contributed by atoms with van der Waals surface area (Å²) < 4.78 is 5.86. The van der Waals surface area contributed by atoms with Gasteiger partial charge in [0.05, 0.1) is 11.0 Å². The monoisotopic (exact) mass is 331 g/mol. The van der Waals surface area contributed by atoms with Crippen LogP contribution in [0.15, 0.2) is 18.2 Å². The largest absolute Gasteiger partial charge is 0.377 e. The number of rotatable bonds is 3. The van der Waals surface area contributed by atoms with Gasteiger partial charge in [-0.1, -0.05) is 6.42 Å². The summed E-state index contributed by atoms with van der Waals surface area (Å²) in [6.45, 7) is 2.54. The maximum Gasteiger partial charge on any atom is 0.319 e. The van der Waals surface area contributed by atoms with Crippen molar-refractivity contribution in [2.45, 2.75) is 44.8 Å². The summed E-state index contributed by atoms with van der Waals surface area (Å²) in [5.41, 5.74) is 1.44. The fraction of sp³-hybridized carbons (Fsp3) is 0.588. The van der Waals surface area contributed by atoms with Crippen molar-refractivity contribution in [3.63, 3.8) is 0 Å². The predicted octanol–water partition coefficient (Wildman–Crippen LogP) is 2.98. The molecule has 1 saturated heterocycles. The lowest BCUT2D eigenvalue weighted by Gasteiger charge is -2.63. The Bertz CT molecular complexity index is 701. The lowest BCUT2D eigenvalue weighted by Crippen LogP contribution is -2.72. The van der Waals surface area contributed by atoms with Crippen molar-refractivity contribution in [2.75, 3.05) is 11.9 Å². The van der Waals surface area contributed by atoms with Gasteiger partial charge < -0.3 is 15.4 Å². The van der Waals surface area contributed by atoms with Gasteiger partial charge in [-0.15, -0.1) is 0 Å². The van der Waals surface area contributed by atoms with Gasteiger partial charge in [-0.05, 0) is 37.8 Å². The highest BCUT2D eigenvalue weighted by Gasteiger charge is 2.66. The molecule has 2 saturated carbocycles. The summed E-state index contributed by atoms with van der Waals surface area (Å²) in [6.07, 6.45) is 4.77. The van der Waals surface area contributed by atoms with Crippen molar-refractivity contribution in [2.24, 2.45) is 11.3 Å². The molecule has 3 atom stereocenters. The molecule has 3 aliphatic rings. The van der Waals surface area contributed by atoms with Gasteiger partial charge in [0.1, 0.15) is 0 Å². The number of nitrogens with one attached hydrogen (secondary N) is 2. The summed E-state index contributed by atoms with van der Waals surface area (Å²) in [4.78, 5) is 22.8. The Morgan fingerprint density at radius 2 is 2.21 bits per heavy atom. The molecular formula is C17H21N3O4. The van der Waals surface area contributed by atoms with E-state index < -0.39 is 4.92 Å². The molecule has 1 aromatic rings. The number of aryl methyl sites for hydroxylation is 1. The molecule has 7 nitrogen and oxygen atoms in total. The molecule has 1 heterocycles. The Hall–Kier alpha value is -2.15. The van der Waals surface area contributed by atoms with Crippen molar-refractivity contribution in [1.82, 2.24) is 5.32 Å². The van der Waals surface area contributed by atoms with Crippen molar-refractivity contribution in [1.29, 1.82) is 0 Å². The van der Waals surface area contributed by atoms with Gasteiger partial charge >= 0.3 is 6.03 Å². The topological polar surface area (TPSA) is 93.5 Å². The zero-order valence-corrected chi connectivity index (χ0v) is 13.6. The highest BCUT2D eigenvalue weighted by Crippen LogP contribution is 2.62. The average molecular weight is 331 g/mol. The number of amides is 2. The molecule has 128 valence electrons. The number of hydrogen-bond donors (Lipinski definition) is 2. The van der Waals surface area contributed by atoms with E-state index in [-0.39, 0.29) is 23.2 Å². The van der Waals surface area contributed by atoms with E-state index in [0.29, 0.717) is 23.3 Å². The molecule has 1 spiro atoms. The molecule has 0 unspecified atom stereocenters. The number of carbonyl (C=O) groups is 1. The highest BCUT2D eigenvalue weighted by atomic mass is 16.6. The molecule has 24 heavy (non-hydrogen) atoms. The summed E-state index contributed by atoms with van der Waals surface area (Å²) >= 11 is 0. The van der Waals surface area contributed by atoms with Crippen LogP contribution in [0.3, 0.4) is 0 Å². The second-order valence-corrected chi connectivity index (χ2v) is 7.16. The molecule has 1 aliphatic heterocycles. The number of ether oxygens (including phenoxy) is 1. The van der Waals surface area contributed by atoms with Gasteiger partial charge in [0.2, 0.25) is 0 Å². The van der Waals surface area contributed by atoms with Crippen molar-refractivity contribution >= 4 is 17.4 Å². The predicted molar refractivity (Wildman–Crippen MR) is 87.9 cm³/mol. The molecule has 1 aromatic carbocycles. The second-order valence-electron chi connectivity index (χ2n) is 7.16. The minimum absolute atomic E-state index is 0.0248. The third-order valence-corrected chi connectivity index (χ3v) is 5.99. The molecule has 7 heteroatoms. The van der Waals surface area contributed by atoms with E-state index in [2.05, 4.69) is 10.6 Å². The van der Waals surface area contributed by atoms with E-state index in [9.17, 15) is 14.9 Å². The molecule has 0 radical (unpaired) electrons. The van der Waals surface area contributed by atoms with Gasteiger partial charge in [-0.2, -0.15) is 0 Å². The second kappa shape index (κ2) is 5.44. The first kappa shape index (κ1) is 15.4. The Kier molecular flexibility index (Phi) is 3.49. The Morgan fingerprint density at radius 3 is 2.83 bits per heavy atom. The molecule has 2 aliphatic carbocycles. The zero-order chi connectivity index (χ0) is 16.9. The van der Waals surface area contributed by atoms with Gasteiger partial charge in [-0.25, -0.2) is 4.79 Å². The maximum absolute atomic E-state index is 12.4. The summed E-state index contributed by atoms with van der Waals surface area (Å²) in [5, 5.41) is 16.7. The van der Waals surface area contributed by atoms with E-state index in [4.69, 9.17) is 4.74 Å². The fourth-order valence-electron chi connectivity index (χ4n) is 4.66. The summed E-state index contributed by atoms with van der Waals surface area (Å²) in [5.74, 6) is 0.425. The standard InChI is InChI=1S/C17H21N3O4/c1-10-9-11(20(22)23)3-4-13(10)18-16(21)19-14-12-5-8-24-15(12)17(14)6-2-7-17/h3-4,9,12,14-15H,2,5-8H2,1H3,(H2,18,19,21)/t12-,14-,15-/m1/s1. The number of non-ortho nitro benzene ring substituents is 1. The maximum atomic E-state index is 12.4. The van der Waals surface area contributed by atoms with E-state index in [0.717, 1.165) is 25.9 Å². The van der Waals surface area contributed by atoms with Crippen molar-refractivity contribution < 1.29 is 14.5 Å². The van der Waals surface area contributed by atoms with Crippen molar-refractivity contribution in [3.8, 4) is 0 Å². The van der Waals surface area contributed by atoms with Gasteiger partial charge in [0.15, 0.2) is 0 Å². The SMILES string of the molecule is Cc1cc([N+](=O)[O-])ccc1NC(=O)N[C@@H]1[C@H]2CCO[C@H]2C12CCC2. The van der Waals surface area contributed by atoms with Crippen LogP contribution in [-0.4, -0.2) is 29.7 Å². The van der Waals surface area contributed by atoms with E-state index in [1.54, 1.807) is 13.0 Å². The Morgan fingerprint density at radius 1 is 1.42 bits per heavy atom. The minimum atomic E-state index is -0.439. The molecule has 2 N–H and O–H groups in total. The van der Waals surface area contributed by atoms with E-state index in [1.807, 2.05) is 0 Å². The number of nitro benzene ring substituents is 1. The Balaban J connectivity index is 1.43. The van der Waals surface area contributed by atoms with Crippen molar-refractivity contribution in [3.05, 3.63) is 33.9 Å². The van der Waals surface area contributed by atoms with Crippen LogP contribution in [0.2, 0.25) is 0 Å². The molecule has 2 amide bonds. The first-order valence-corrected chi connectivity index (χ1v) is 8.45. The first-order chi connectivity index (χ1) is 11.5. The number of hydrogen-bond acceptors (Lipinski definition) is 4. The summed E-state index contributed by atoms with van der Waals surface area (Å²) in [6, 6.07) is 4.38. The lowest BCUT2D eigenvalue weighted by molar-refractivity contribution is -0.384. The average Bonchev–Trinajstić information content (AvgIpc) is 2.90. The Labute approximate surface area is 139 Å². The smallest absolute Gasteiger partial charge is 0.319 e. The first-order valence-electron chi connectivity index (χ1n) is 8.45. The van der Waals surface area contributed by atoms with Crippen LogP contribution in [0, 0.1) is 28.4 Å². The van der Waals surface area contributed by atoms with Gasteiger partial charge in [-0.3, -0.25) is 10.1 Å². The number of benzene rings is 1. The lowest BCUT2D eigenvalue weighted by atomic mass is 9.46. The van der Waals surface area contributed by atoms with Crippen LogP contribution in [0.1, 0.15) is 31.2 Å². The third-order valence-electron chi connectivity index (χ3n) is 5.99. The van der Waals surface area contributed by atoms with Gasteiger partial charge in [0.25, 0.3) is 5.69 Å². The van der Waals surface area contributed by atoms with Crippen LogP contribution in [0.25, 0.3) is 0 Å². The van der Waals surface area contributed by atoms with E-state index in [1.165, 1.54) is 18.6 Å². The number of urea groups is 1. The molecular weight excluding hydrogens is 310 g/mol. The molecule has 0 bridgehead atoms. The highest BCUT2D eigenvalue weighted by molar-refractivity contribution is 5.90. The normalized spacial score (nSPS) is 29.3. The van der Waals surface area contributed by atoms with Crippen LogP contribution < -0.4 is 10.6 Å². The molecule has 4 rings (SSSR count). The van der Waals surface area contributed by atoms with E-state index >= 15 is 0 Å². The number of fused-ring (bicyclic) bond motifs is 2. The number of anilines is 1. The van der Waals surface area contributed by atoms with Crippen LogP contribution in [0.4, 0.5) is 16.2 Å². The quantitative estimate of drug-likeness (QED) is 0.658. The third kappa shape index (κ3) is 2.18. The number of nitrogens with zero attached hydrogens (tertiary/aromatic N) is 1. The summed E-state index contributed by atoms with van der Waals surface area (Å²) in [7, 11) is 0. The van der Waals surface area contributed by atoms with Crippen LogP contribution >= 0.6 is 0 Å². The molecule has 0 aromatic heterocycles. The fourth-order valence-corrected chi connectivity index (χ4v) is 4.66. The zero-order valence-electron chi connectivity index (χ0n) is 13.6. The number of nitro groups is 1.